The Morgan fingerprint density at radius 1 is 1.50 bits per heavy atom. The minimum atomic E-state index is -4.26. The standard InChI is InChI=1S/C6H8F3N3OS/c7-6(8,9)3-13-2-1-10-5-11-4-12-14-5/h4H,1-3H2,(H,10,11,12). The van der Waals surface area contributed by atoms with Crippen LogP contribution in [0.2, 0.25) is 0 Å². The number of rotatable bonds is 5. The van der Waals surface area contributed by atoms with Gasteiger partial charge < -0.3 is 10.1 Å². The molecule has 0 amide bonds. The molecule has 0 aliphatic heterocycles. The van der Waals surface area contributed by atoms with Gasteiger partial charge in [-0.25, -0.2) is 4.98 Å². The summed E-state index contributed by atoms with van der Waals surface area (Å²) in [5.74, 6) is 0. The maximum absolute atomic E-state index is 11.6. The van der Waals surface area contributed by atoms with Crippen LogP contribution in [0, 0.1) is 0 Å². The van der Waals surface area contributed by atoms with Crippen LogP contribution in [0.15, 0.2) is 6.33 Å². The summed E-state index contributed by atoms with van der Waals surface area (Å²) < 4.78 is 42.8. The third-order valence-electron chi connectivity index (χ3n) is 1.15. The van der Waals surface area contributed by atoms with Crippen molar-refractivity contribution < 1.29 is 17.9 Å². The van der Waals surface area contributed by atoms with Crippen LogP contribution in [-0.4, -0.2) is 35.3 Å². The summed E-state index contributed by atoms with van der Waals surface area (Å²) in [5.41, 5.74) is 0. The Kier molecular flexibility index (Phi) is 4.08. The number of nitrogens with one attached hydrogen (secondary N) is 1. The second kappa shape index (κ2) is 5.11. The second-order valence-electron chi connectivity index (χ2n) is 2.34. The van der Waals surface area contributed by atoms with Gasteiger partial charge in [-0.2, -0.15) is 17.5 Å². The quantitative estimate of drug-likeness (QED) is 0.775. The summed E-state index contributed by atoms with van der Waals surface area (Å²) in [4.78, 5) is 3.78. The number of aromatic nitrogens is 2. The molecule has 0 radical (unpaired) electrons. The van der Waals surface area contributed by atoms with E-state index in [1.54, 1.807) is 0 Å². The highest BCUT2D eigenvalue weighted by Crippen LogP contribution is 2.14. The fourth-order valence-electron chi connectivity index (χ4n) is 0.669. The van der Waals surface area contributed by atoms with Crippen molar-refractivity contribution in [1.29, 1.82) is 0 Å². The largest absolute Gasteiger partial charge is 0.411 e. The van der Waals surface area contributed by atoms with Crippen molar-refractivity contribution in [3.63, 3.8) is 0 Å². The maximum Gasteiger partial charge on any atom is 0.411 e. The van der Waals surface area contributed by atoms with Crippen LogP contribution in [0.3, 0.4) is 0 Å². The summed E-state index contributed by atoms with van der Waals surface area (Å²) in [6.45, 7) is -0.949. The molecule has 0 aliphatic rings. The maximum atomic E-state index is 11.6. The van der Waals surface area contributed by atoms with Crippen molar-refractivity contribution in [2.45, 2.75) is 6.18 Å². The molecule has 0 bridgehead atoms. The topological polar surface area (TPSA) is 47.0 Å². The smallest absolute Gasteiger partial charge is 0.370 e. The normalized spacial score (nSPS) is 11.6. The fourth-order valence-corrected chi connectivity index (χ4v) is 1.12. The van der Waals surface area contributed by atoms with Gasteiger partial charge in [0, 0.05) is 18.1 Å². The predicted molar refractivity (Wildman–Crippen MR) is 45.3 cm³/mol. The van der Waals surface area contributed by atoms with Gasteiger partial charge in [0.2, 0.25) is 5.13 Å². The van der Waals surface area contributed by atoms with Gasteiger partial charge in [-0.3, -0.25) is 0 Å². The summed E-state index contributed by atoms with van der Waals surface area (Å²) in [5, 5.41) is 3.33. The van der Waals surface area contributed by atoms with Crippen molar-refractivity contribution in [3.05, 3.63) is 6.33 Å². The van der Waals surface area contributed by atoms with Crippen LogP contribution in [0.25, 0.3) is 0 Å². The van der Waals surface area contributed by atoms with Gasteiger partial charge in [0.15, 0.2) is 0 Å². The van der Waals surface area contributed by atoms with Crippen LogP contribution in [0.5, 0.6) is 0 Å². The molecule has 0 saturated carbocycles. The number of anilines is 1. The zero-order valence-electron chi connectivity index (χ0n) is 7.04. The molecular weight excluding hydrogens is 219 g/mol. The van der Waals surface area contributed by atoms with Gasteiger partial charge in [-0.05, 0) is 0 Å². The van der Waals surface area contributed by atoms with E-state index < -0.39 is 12.8 Å². The van der Waals surface area contributed by atoms with E-state index >= 15 is 0 Å². The van der Waals surface area contributed by atoms with Gasteiger partial charge in [0.1, 0.15) is 12.9 Å². The predicted octanol–water partition coefficient (Wildman–Crippen LogP) is 1.53. The molecule has 0 aliphatic carbocycles. The van der Waals surface area contributed by atoms with Crippen LogP contribution < -0.4 is 5.32 Å². The van der Waals surface area contributed by atoms with Crippen molar-refractivity contribution >= 4 is 16.7 Å². The fraction of sp³-hybridized carbons (Fsp3) is 0.667. The average molecular weight is 227 g/mol. The van der Waals surface area contributed by atoms with Crippen LogP contribution in [0.4, 0.5) is 18.3 Å². The zero-order valence-corrected chi connectivity index (χ0v) is 7.86. The van der Waals surface area contributed by atoms with E-state index in [4.69, 9.17) is 0 Å². The minimum absolute atomic E-state index is 0.0148. The highest BCUT2D eigenvalue weighted by molar-refractivity contribution is 7.09. The van der Waals surface area contributed by atoms with E-state index in [1.165, 1.54) is 6.33 Å². The molecule has 1 heterocycles. The zero-order chi connectivity index (χ0) is 10.4. The van der Waals surface area contributed by atoms with Gasteiger partial charge >= 0.3 is 6.18 Å². The Hall–Kier alpha value is -0.890. The van der Waals surface area contributed by atoms with Gasteiger partial charge in [0.05, 0.1) is 6.61 Å². The van der Waals surface area contributed by atoms with Crippen molar-refractivity contribution in [2.75, 3.05) is 25.1 Å². The molecule has 1 rings (SSSR count). The third kappa shape index (κ3) is 4.97. The van der Waals surface area contributed by atoms with Crippen molar-refractivity contribution in [2.24, 2.45) is 0 Å². The molecule has 0 unspecified atom stereocenters. The molecule has 0 aromatic carbocycles. The molecule has 0 saturated heterocycles. The van der Waals surface area contributed by atoms with E-state index in [-0.39, 0.29) is 13.2 Å². The van der Waals surface area contributed by atoms with Crippen molar-refractivity contribution in [3.8, 4) is 0 Å². The Bertz CT molecular complexity index is 251. The first kappa shape index (κ1) is 11.2. The van der Waals surface area contributed by atoms with E-state index in [0.29, 0.717) is 5.13 Å². The van der Waals surface area contributed by atoms with E-state index in [9.17, 15) is 13.2 Å². The lowest BCUT2D eigenvalue weighted by molar-refractivity contribution is -0.172. The molecule has 4 nitrogen and oxygen atoms in total. The lowest BCUT2D eigenvalue weighted by Gasteiger charge is -2.07. The Morgan fingerprint density at radius 2 is 2.29 bits per heavy atom. The van der Waals surface area contributed by atoms with Crippen molar-refractivity contribution in [1.82, 2.24) is 9.36 Å². The van der Waals surface area contributed by atoms with Crippen LogP contribution >= 0.6 is 11.5 Å². The molecular formula is C6H8F3N3OS. The molecule has 8 heteroatoms. The molecule has 80 valence electrons. The lowest BCUT2D eigenvalue weighted by Crippen LogP contribution is -2.20. The number of alkyl halides is 3. The number of ether oxygens (including phenoxy) is 1. The Balaban J connectivity index is 2.00. The molecule has 0 spiro atoms. The van der Waals surface area contributed by atoms with E-state index in [0.717, 1.165) is 11.5 Å². The number of nitrogens with zero attached hydrogens (tertiary/aromatic N) is 2. The summed E-state index contributed by atoms with van der Waals surface area (Å²) in [6.07, 6.45) is -2.90. The first-order valence-corrected chi connectivity index (χ1v) is 4.50. The van der Waals surface area contributed by atoms with Gasteiger partial charge in [0.25, 0.3) is 0 Å². The van der Waals surface area contributed by atoms with E-state index in [2.05, 4.69) is 19.4 Å². The van der Waals surface area contributed by atoms with Gasteiger partial charge in [-0.15, -0.1) is 0 Å². The molecule has 0 atom stereocenters. The lowest BCUT2D eigenvalue weighted by atomic mass is 10.6. The minimum Gasteiger partial charge on any atom is -0.370 e. The Morgan fingerprint density at radius 3 is 2.86 bits per heavy atom. The summed E-state index contributed by atoms with van der Waals surface area (Å²) >= 11 is 1.14. The number of halogens is 3. The SMILES string of the molecule is FC(F)(F)COCCNc1ncns1. The molecule has 0 fully saturated rings. The number of hydrogen-bond acceptors (Lipinski definition) is 5. The van der Waals surface area contributed by atoms with Crippen LogP contribution in [-0.2, 0) is 4.74 Å². The van der Waals surface area contributed by atoms with E-state index in [1.807, 2.05) is 0 Å². The third-order valence-corrected chi connectivity index (χ3v) is 1.77. The molecule has 1 aromatic heterocycles. The molecule has 1 aromatic rings. The highest BCUT2D eigenvalue weighted by Gasteiger charge is 2.27. The molecule has 1 N–H and O–H groups in total. The Labute approximate surface area is 82.3 Å². The monoisotopic (exact) mass is 227 g/mol. The first-order valence-electron chi connectivity index (χ1n) is 3.73. The summed E-state index contributed by atoms with van der Waals surface area (Å²) in [7, 11) is 0. The number of hydrogen-bond donors (Lipinski definition) is 1. The first-order chi connectivity index (χ1) is 6.58. The van der Waals surface area contributed by atoms with Gasteiger partial charge in [-0.1, -0.05) is 0 Å². The summed E-state index contributed by atoms with van der Waals surface area (Å²) in [6, 6.07) is 0. The average Bonchev–Trinajstić information content (AvgIpc) is 2.54. The van der Waals surface area contributed by atoms with Crippen LogP contribution in [0.1, 0.15) is 0 Å². The molecule has 14 heavy (non-hydrogen) atoms. The second-order valence-corrected chi connectivity index (χ2v) is 3.12. The highest BCUT2D eigenvalue weighted by atomic mass is 32.1.